The van der Waals surface area contributed by atoms with Gasteiger partial charge < -0.3 is 9.84 Å². The van der Waals surface area contributed by atoms with Crippen molar-refractivity contribution in [3.63, 3.8) is 0 Å². The highest BCUT2D eigenvalue weighted by molar-refractivity contribution is 6.08. The molecule has 4 heteroatoms. The molecule has 0 aliphatic rings. The van der Waals surface area contributed by atoms with Crippen molar-refractivity contribution in [3.05, 3.63) is 54.1 Å². The maximum Gasteiger partial charge on any atom is 0.328 e. The molecule has 0 unspecified atom stereocenters. The summed E-state index contributed by atoms with van der Waals surface area (Å²) in [6.07, 6.45) is 3.39. The number of rotatable bonds is 6. The Morgan fingerprint density at radius 3 is 2.72 bits per heavy atom. The standard InChI is InChI=1S/C14H14O4/c1-3-8-18-13-6-4-10(2)9-11(13)12(15)5-7-14(16)17/h3-7,9H,1,8H2,2H3,(H,16,17)/b7-5+. The Kier molecular flexibility index (Phi) is 4.87. The van der Waals surface area contributed by atoms with Crippen molar-refractivity contribution >= 4 is 11.8 Å². The number of carbonyl (C=O) groups excluding carboxylic acids is 1. The van der Waals surface area contributed by atoms with Crippen LogP contribution in [-0.4, -0.2) is 23.5 Å². The third kappa shape index (κ3) is 3.90. The molecule has 0 amide bonds. The largest absolute Gasteiger partial charge is 0.489 e. The summed E-state index contributed by atoms with van der Waals surface area (Å²) in [4.78, 5) is 22.2. The molecule has 1 aromatic rings. The smallest absolute Gasteiger partial charge is 0.328 e. The van der Waals surface area contributed by atoms with Crippen LogP contribution in [0, 0.1) is 6.92 Å². The average Bonchev–Trinajstić information content (AvgIpc) is 2.34. The van der Waals surface area contributed by atoms with Gasteiger partial charge in [-0.05, 0) is 25.1 Å². The van der Waals surface area contributed by atoms with Gasteiger partial charge in [0.25, 0.3) is 0 Å². The van der Waals surface area contributed by atoms with E-state index in [2.05, 4.69) is 6.58 Å². The molecule has 0 atom stereocenters. The number of carboxylic acids is 1. The number of carbonyl (C=O) groups is 2. The summed E-state index contributed by atoms with van der Waals surface area (Å²) in [5, 5.41) is 8.49. The summed E-state index contributed by atoms with van der Waals surface area (Å²) in [6.45, 7) is 5.65. The zero-order valence-corrected chi connectivity index (χ0v) is 10.1. The van der Waals surface area contributed by atoms with E-state index in [9.17, 15) is 9.59 Å². The number of allylic oxidation sites excluding steroid dienone is 1. The fourth-order valence-electron chi connectivity index (χ4n) is 1.35. The predicted octanol–water partition coefficient (Wildman–Crippen LogP) is 2.38. The van der Waals surface area contributed by atoms with Gasteiger partial charge in [0, 0.05) is 6.08 Å². The second kappa shape index (κ2) is 6.39. The molecule has 0 aliphatic heterocycles. The van der Waals surface area contributed by atoms with Crippen LogP contribution in [0.2, 0.25) is 0 Å². The normalized spacial score (nSPS) is 10.3. The molecule has 4 nitrogen and oxygen atoms in total. The Bertz CT molecular complexity index is 501. The van der Waals surface area contributed by atoms with Crippen LogP contribution < -0.4 is 4.74 Å². The van der Waals surface area contributed by atoms with Crippen LogP contribution in [0.4, 0.5) is 0 Å². The maximum atomic E-state index is 11.8. The minimum atomic E-state index is -1.16. The molecule has 0 bridgehead atoms. The van der Waals surface area contributed by atoms with Gasteiger partial charge in [-0.3, -0.25) is 4.79 Å². The summed E-state index contributed by atoms with van der Waals surface area (Å²) in [6, 6.07) is 5.16. The van der Waals surface area contributed by atoms with Crippen LogP contribution in [0.1, 0.15) is 15.9 Å². The van der Waals surface area contributed by atoms with Gasteiger partial charge in [-0.2, -0.15) is 0 Å². The molecule has 0 fully saturated rings. The lowest BCUT2D eigenvalue weighted by atomic mass is 10.1. The summed E-state index contributed by atoms with van der Waals surface area (Å²) in [5.74, 6) is -1.15. The van der Waals surface area contributed by atoms with E-state index in [-0.39, 0.29) is 6.61 Å². The Balaban J connectivity index is 3.04. The van der Waals surface area contributed by atoms with E-state index in [1.807, 2.05) is 13.0 Å². The molecule has 0 radical (unpaired) electrons. The summed E-state index contributed by atoms with van der Waals surface area (Å²) in [5.41, 5.74) is 1.24. The zero-order chi connectivity index (χ0) is 13.5. The minimum Gasteiger partial charge on any atom is -0.489 e. The lowest BCUT2D eigenvalue weighted by Gasteiger charge is -2.08. The Labute approximate surface area is 105 Å². The second-order valence-corrected chi connectivity index (χ2v) is 3.64. The molecule has 1 N–H and O–H groups in total. The highest BCUT2D eigenvalue weighted by Gasteiger charge is 2.10. The number of hydrogen-bond donors (Lipinski definition) is 1. The van der Waals surface area contributed by atoms with Gasteiger partial charge in [-0.15, -0.1) is 0 Å². The first-order valence-corrected chi connectivity index (χ1v) is 5.34. The fourth-order valence-corrected chi connectivity index (χ4v) is 1.35. The van der Waals surface area contributed by atoms with Crippen LogP contribution >= 0.6 is 0 Å². The van der Waals surface area contributed by atoms with E-state index in [0.717, 1.165) is 17.7 Å². The third-order valence-electron chi connectivity index (χ3n) is 2.13. The molecule has 18 heavy (non-hydrogen) atoms. The van der Waals surface area contributed by atoms with Gasteiger partial charge in [0.05, 0.1) is 5.56 Å². The molecule has 1 aromatic carbocycles. The number of carboxylic acid groups (broad SMARTS) is 1. The van der Waals surface area contributed by atoms with Gasteiger partial charge in [-0.25, -0.2) is 4.79 Å². The minimum absolute atomic E-state index is 0.284. The van der Waals surface area contributed by atoms with Crippen LogP contribution in [0.5, 0.6) is 5.75 Å². The van der Waals surface area contributed by atoms with Gasteiger partial charge in [0.2, 0.25) is 0 Å². The SMILES string of the molecule is C=CCOc1ccc(C)cc1C(=O)/C=C/C(=O)O. The summed E-state index contributed by atoms with van der Waals surface area (Å²) in [7, 11) is 0. The molecule has 94 valence electrons. The van der Waals surface area contributed by atoms with E-state index >= 15 is 0 Å². The van der Waals surface area contributed by atoms with E-state index < -0.39 is 11.8 Å². The van der Waals surface area contributed by atoms with Crippen LogP contribution in [-0.2, 0) is 4.79 Å². The Hall–Kier alpha value is -2.36. The van der Waals surface area contributed by atoms with Crippen molar-refractivity contribution in [2.24, 2.45) is 0 Å². The van der Waals surface area contributed by atoms with Crippen LogP contribution in [0.25, 0.3) is 0 Å². The van der Waals surface area contributed by atoms with Crippen LogP contribution in [0.3, 0.4) is 0 Å². The topological polar surface area (TPSA) is 63.6 Å². The van der Waals surface area contributed by atoms with Crippen molar-refractivity contribution in [1.82, 2.24) is 0 Å². The van der Waals surface area contributed by atoms with E-state index in [4.69, 9.17) is 9.84 Å². The Morgan fingerprint density at radius 1 is 1.39 bits per heavy atom. The van der Waals surface area contributed by atoms with E-state index in [0.29, 0.717) is 11.3 Å². The zero-order valence-electron chi connectivity index (χ0n) is 10.1. The molecule has 0 aliphatic carbocycles. The third-order valence-corrected chi connectivity index (χ3v) is 2.13. The highest BCUT2D eigenvalue weighted by Crippen LogP contribution is 2.21. The summed E-state index contributed by atoms with van der Waals surface area (Å²) < 4.78 is 5.35. The lowest BCUT2D eigenvalue weighted by molar-refractivity contribution is -0.131. The molecule has 0 spiro atoms. The molecular weight excluding hydrogens is 232 g/mol. The first-order chi connectivity index (χ1) is 8.54. The van der Waals surface area contributed by atoms with Crippen molar-refractivity contribution in [2.45, 2.75) is 6.92 Å². The average molecular weight is 246 g/mol. The van der Waals surface area contributed by atoms with Gasteiger partial charge >= 0.3 is 5.97 Å². The van der Waals surface area contributed by atoms with Gasteiger partial charge in [0.15, 0.2) is 5.78 Å². The van der Waals surface area contributed by atoms with E-state index in [1.165, 1.54) is 0 Å². The molecule has 1 rings (SSSR count). The number of ketones is 1. The van der Waals surface area contributed by atoms with Crippen molar-refractivity contribution < 1.29 is 19.4 Å². The predicted molar refractivity (Wildman–Crippen MR) is 68.0 cm³/mol. The molecule has 0 heterocycles. The maximum absolute atomic E-state index is 11.8. The highest BCUT2D eigenvalue weighted by atomic mass is 16.5. The molecule has 0 saturated carbocycles. The van der Waals surface area contributed by atoms with Gasteiger partial charge in [0.1, 0.15) is 12.4 Å². The quantitative estimate of drug-likeness (QED) is 0.475. The lowest BCUT2D eigenvalue weighted by Crippen LogP contribution is -2.03. The van der Waals surface area contributed by atoms with Crippen molar-refractivity contribution in [3.8, 4) is 5.75 Å². The first-order valence-electron chi connectivity index (χ1n) is 5.34. The molecular formula is C14H14O4. The van der Waals surface area contributed by atoms with Crippen molar-refractivity contribution in [2.75, 3.05) is 6.61 Å². The van der Waals surface area contributed by atoms with Crippen LogP contribution in [0.15, 0.2) is 43.0 Å². The second-order valence-electron chi connectivity index (χ2n) is 3.64. The summed E-state index contributed by atoms with van der Waals surface area (Å²) >= 11 is 0. The Morgan fingerprint density at radius 2 is 2.11 bits per heavy atom. The number of aryl methyl sites for hydroxylation is 1. The van der Waals surface area contributed by atoms with Gasteiger partial charge in [-0.1, -0.05) is 24.3 Å². The number of hydrogen-bond acceptors (Lipinski definition) is 3. The monoisotopic (exact) mass is 246 g/mol. The molecule has 0 saturated heterocycles. The number of benzene rings is 1. The first kappa shape index (κ1) is 13.7. The fraction of sp³-hybridized carbons (Fsp3) is 0.143. The number of ether oxygens (including phenoxy) is 1. The molecule has 0 aromatic heterocycles. The van der Waals surface area contributed by atoms with E-state index in [1.54, 1.807) is 18.2 Å². The number of aliphatic carboxylic acids is 1. The van der Waals surface area contributed by atoms with Crippen molar-refractivity contribution in [1.29, 1.82) is 0 Å².